The monoisotopic (exact) mass is 464 g/mol. The summed E-state index contributed by atoms with van der Waals surface area (Å²) in [6, 6.07) is 16.5. The van der Waals surface area contributed by atoms with E-state index in [4.69, 9.17) is 0 Å². The van der Waals surface area contributed by atoms with E-state index in [2.05, 4.69) is 17.6 Å². The maximum atomic E-state index is 13.1. The first-order valence-electron chi connectivity index (χ1n) is 12.1. The third-order valence-corrected chi connectivity index (χ3v) is 5.56. The Morgan fingerprint density at radius 2 is 1.35 bits per heavy atom. The summed E-state index contributed by atoms with van der Waals surface area (Å²) in [6.07, 6.45) is 10.3. The molecule has 2 aromatic carbocycles. The van der Waals surface area contributed by atoms with Gasteiger partial charge in [-0.05, 0) is 30.0 Å². The van der Waals surface area contributed by atoms with Crippen LogP contribution < -0.4 is 10.6 Å². The molecule has 6 heteroatoms. The third kappa shape index (κ3) is 10.5. The summed E-state index contributed by atoms with van der Waals surface area (Å²) in [4.78, 5) is 37.3. The lowest BCUT2D eigenvalue weighted by molar-refractivity contribution is -0.142. The van der Waals surface area contributed by atoms with E-state index in [1.165, 1.54) is 25.3 Å². The molecule has 182 valence electrons. The molecule has 2 aromatic rings. The Hall–Kier alpha value is -3.41. The summed E-state index contributed by atoms with van der Waals surface area (Å²) in [6.45, 7) is 2.17. The highest BCUT2D eigenvalue weighted by Gasteiger charge is 2.26. The Bertz CT molecular complexity index is 913. The first-order valence-corrected chi connectivity index (χ1v) is 12.1. The lowest BCUT2D eigenvalue weighted by Gasteiger charge is -2.21. The van der Waals surface area contributed by atoms with Gasteiger partial charge in [-0.2, -0.15) is 0 Å². The van der Waals surface area contributed by atoms with Crippen molar-refractivity contribution >= 4 is 17.8 Å². The molecule has 0 aromatic heterocycles. The van der Waals surface area contributed by atoms with Crippen molar-refractivity contribution in [2.45, 2.75) is 70.4 Å². The van der Waals surface area contributed by atoms with E-state index in [0.717, 1.165) is 30.4 Å². The molecule has 0 aliphatic carbocycles. The van der Waals surface area contributed by atoms with Gasteiger partial charge in [-0.3, -0.25) is 9.59 Å². The molecular weight excluding hydrogens is 428 g/mol. The number of carbonyl (C=O) groups excluding carboxylic acids is 2. The molecule has 0 radical (unpaired) electrons. The molecule has 0 heterocycles. The van der Waals surface area contributed by atoms with Gasteiger partial charge in [0.25, 0.3) is 0 Å². The van der Waals surface area contributed by atoms with E-state index in [1.54, 1.807) is 0 Å². The standard InChI is InChI=1S/C28H36N2O4/c1-2-3-4-5-6-7-14-19-26(31)29-24(20-22-15-10-8-11-16-22)27(32)30-25(28(33)34)21-23-17-12-9-13-18-23/h8-19,24-25H,2-7,20-21H2,1H3,(H,29,31)(H,30,32)(H,33,34). The zero-order chi connectivity index (χ0) is 24.6. The number of carboxylic acids is 1. The van der Waals surface area contributed by atoms with Crippen molar-refractivity contribution < 1.29 is 19.5 Å². The fourth-order valence-electron chi connectivity index (χ4n) is 3.66. The van der Waals surface area contributed by atoms with E-state index in [-0.39, 0.29) is 18.7 Å². The van der Waals surface area contributed by atoms with Crippen molar-refractivity contribution in [3.05, 3.63) is 83.9 Å². The van der Waals surface area contributed by atoms with Crippen LogP contribution in [0, 0.1) is 0 Å². The Morgan fingerprint density at radius 3 is 1.91 bits per heavy atom. The molecule has 0 fully saturated rings. The Labute approximate surface area is 202 Å². The molecule has 2 amide bonds. The third-order valence-electron chi connectivity index (χ3n) is 5.56. The molecule has 34 heavy (non-hydrogen) atoms. The molecule has 0 aliphatic heterocycles. The topological polar surface area (TPSA) is 95.5 Å². The molecule has 0 saturated carbocycles. The molecule has 0 bridgehead atoms. The SMILES string of the molecule is CCCCCCCC=CC(=O)NC(Cc1ccccc1)C(=O)NC(Cc1ccccc1)C(=O)O. The van der Waals surface area contributed by atoms with Crippen LogP contribution >= 0.6 is 0 Å². The Kier molecular flexibility index (Phi) is 12.2. The van der Waals surface area contributed by atoms with Gasteiger partial charge in [0.2, 0.25) is 11.8 Å². The summed E-state index contributed by atoms with van der Waals surface area (Å²) in [5.41, 5.74) is 1.68. The largest absolute Gasteiger partial charge is 0.480 e. The maximum Gasteiger partial charge on any atom is 0.326 e. The van der Waals surface area contributed by atoms with Gasteiger partial charge in [0.05, 0.1) is 0 Å². The lowest BCUT2D eigenvalue weighted by Crippen LogP contribution is -2.52. The predicted molar refractivity (Wildman–Crippen MR) is 134 cm³/mol. The van der Waals surface area contributed by atoms with E-state index < -0.39 is 24.0 Å². The number of carboxylic acid groups (broad SMARTS) is 1. The van der Waals surface area contributed by atoms with Crippen LogP contribution in [-0.2, 0) is 27.2 Å². The highest BCUT2D eigenvalue weighted by molar-refractivity contribution is 5.94. The van der Waals surface area contributed by atoms with Crippen LogP contribution in [0.2, 0.25) is 0 Å². The molecule has 0 saturated heterocycles. The molecule has 3 N–H and O–H groups in total. The van der Waals surface area contributed by atoms with Crippen LogP contribution in [0.4, 0.5) is 0 Å². The average Bonchev–Trinajstić information content (AvgIpc) is 2.84. The van der Waals surface area contributed by atoms with Crippen LogP contribution in [0.15, 0.2) is 72.8 Å². The highest BCUT2D eigenvalue weighted by Crippen LogP contribution is 2.08. The maximum absolute atomic E-state index is 13.1. The number of aliphatic carboxylic acids is 1. The van der Waals surface area contributed by atoms with E-state index in [1.807, 2.05) is 66.7 Å². The molecule has 2 unspecified atom stereocenters. The van der Waals surface area contributed by atoms with Gasteiger partial charge in [-0.25, -0.2) is 4.79 Å². The van der Waals surface area contributed by atoms with Gasteiger partial charge in [0.15, 0.2) is 0 Å². The minimum Gasteiger partial charge on any atom is -0.480 e. The molecular formula is C28H36N2O4. The number of amides is 2. The fourth-order valence-corrected chi connectivity index (χ4v) is 3.66. The summed E-state index contributed by atoms with van der Waals surface area (Å²) >= 11 is 0. The lowest BCUT2D eigenvalue weighted by atomic mass is 10.0. The van der Waals surface area contributed by atoms with Gasteiger partial charge in [-0.1, -0.05) is 99.3 Å². The molecule has 2 rings (SSSR count). The first kappa shape index (κ1) is 26.8. The van der Waals surface area contributed by atoms with Crippen molar-refractivity contribution in [2.75, 3.05) is 0 Å². The van der Waals surface area contributed by atoms with Crippen LogP contribution in [0.5, 0.6) is 0 Å². The van der Waals surface area contributed by atoms with Crippen molar-refractivity contribution in [3.63, 3.8) is 0 Å². The number of allylic oxidation sites excluding steroid dienone is 1. The molecule has 0 aliphatic rings. The van der Waals surface area contributed by atoms with Gasteiger partial charge in [-0.15, -0.1) is 0 Å². The van der Waals surface area contributed by atoms with Gasteiger partial charge < -0.3 is 15.7 Å². The first-order chi connectivity index (χ1) is 16.5. The number of hydrogen-bond acceptors (Lipinski definition) is 3. The zero-order valence-electron chi connectivity index (χ0n) is 19.9. The highest BCUT2D eigenvalue weighted by atomic mass is 16.4. The second kappa shape index (κ2) is 15.4. The summed E-state index contributed by atoms with van der Waals surface area (Å²) < 4.78 is 0. The van der Waals surface area contributed by atoms with Crippen LogP contribution in [-0.4, -0.2) is 35.0 Å². The molecule has 6 nitrogen and oxygen atoms in total. The van der Waals surface area contributed by atoms with Crippen molar-refractivity contribution in [3.8, 4) is 0 Å². The van der Waals surface area contributed by atoms with Crippen molar-refractivity contribution in [2.24, 2.45) is 0 Å². The van der Waals surface area contributed by atoms with Gasteiger partial charge in [0.1, 0.15) is 12.1 Å². The Balaban J connectivity index is 2.01. The number of nitrogens with one attached hydrogen (secondary N) is 2. The van der Waals surface area contributed by atoms with Gasteiger partial charge in [0, 0.05) is 12.8 Å². The molecule has 0 spiro atoms. The average molecular weight is 465 g/mol. The number of unbranched alkanes of at least 4 members (excludes halogenated alkanes) is 5. The predicted octanol–water partition coefficient (Wildman–Crippen LogP) is 4.44. The normalized spacial score (nSPS) is 12.7. The quantitative estimate of drug-likeness (QED) is 0.268. The van der Waals surface area contributed by atoms with Gasteiger partial charge >= 0.3 is 5.97 Å². The summed E-state index contributed by atoms with van der Waals surface area (Å²) in [5.74, 6) is -2.00. The number of hydrogen-bond donors (Lipinski definition) is 3. The fraction of sp³-hybridized carbons (Fsp3) is 0.393. The summed E-state index contributed by atoms with van der Waals surface area (Å²) in [5, 5.41) is 15.0. The minimum absolute atomic E-state index is 0.159. The Morgan fingerprint density at radius 1 is 0.794 bits per heavy atom. The van der Waals surface area contributed by atoms with Crippen molar-refractivity contribution in [1.82, 2.24) is 10.6 Å². The molecule has 2 atom stereocenters. The zero-order valence-corrected chi connectivity index (χ0v) is 19.9. The number of carbonyl (C=O) groups is 3. The van der Waals surface area contributed by atoms with E-state index in [9.17, 15) is 19.5 Å². The smallest absolute Gasteiger partial charge is 0.326 e. The summed E-state index contributed by atoms with van der Waals surface area (Å²) in [7, 11) is 0. The van der Waals surface area contributed by atoms with Crippen LogP contribution in [0.1, 0.15) is 56.6 Å². The van der Waals surface area contributed by atoms with E-state index in [0.29, 0.717) is 0 Å². The van der Waals surface area contributed by atoms with Crippen molar-refractivity contribution in [1.29, 1.82) is 0 Å². The van der Waals surface area contributed by atoms with Crippen LogP contribution in [0.3, 0.4) is 0 Å². The number of benzene rings is 2. The second-order valence-corrected chi connectivity index (χ2v) is 8.45. The number of rotatable bonds is 15. The minimum atomic E-state index is -1.12. The van der Waals surface area contributed by atoms with Crippen LogP contribution in [0.25, 0.3) is 0 Å². The second-order valence-electron chi connectivity index (χ2n) is 8.45. The van der Waals surface area contributed by atoms with E-state index >= 15 is 0 Å².